The molecule has 0 atom stereocenters. The Morgan fingerprint density at radius 3 is 2.71 bits per heavy atom. The van der Waals surface area contributed by atoms with E-state index in [-0.39, 0.29) is 18.2 Å². The number of carbonyl (C=O) groups excluding carboxylic acids is 2. The van der Waals surface area contributed by atoms with Gasteiger partial charge < -0.3 is 11.1 Å². The lowest BCUT2D eigenvalue weighted by Gasteiger charge is -2.06. The maximum absolute atomic E-state index is 11.8. The summed E-state index contributed by atoms with van der Waals surface area (Å²) in [6.45, 7) is 2.40. The second kappa shape index (κ2) is 6.39. The molecule has 0 heterocycles. The highest BCUT2D eigenvalue weighted by Gasteiger charge is 2.09. The van der Waals surface area contributed by atoms with E-state index in [0.717, 1.165) is 10.0 Å². The van der Waals surface area contributed by atoms with Crippen molar-refractivity contribution in [1.82, 2.24) is 5.32 Å². The fourth-order valence-corrected chi connectivity index (χ4v) is 2.04. The number of rotatable bonds is 5. The Bertz CT molecular complexity index is 433. The smallest absolute Gasteiger partial charge is 0.252 e. The number of primary amides is 1. The third kappa shape index (κ3) is 4.56. The topological polar surface area (TPSA) is 72.2 Å². The Kier molecular flexibility index (Phi) is 5.15. The Morgan fingerprint density at radius 2 is 2.12 bits per heavy atom. The van der Waals surface area contributed by atoms with E-state index in [1.807, 2.05) is 19.1 Å². The van der Waals surface area contributed by atoms with E-state index in [9.17, 15) is 9.59 Å². The number of carbonyl (C=O) groups is 2. The van der Waals surface area contributed by atoms with Gasteiger partial charge in [-0.25, -0.2) is 0 Å². The van der Waals surface area contributed by atoms with Gasteiger partial charge in [-0.1, -0.05) is 6.07 Å². The molecular formula is C12H15BrN2O2. The summed E-state index contributed by atoms with van der Waals surface area (Å²) < 4.78 is 0.768. The summed E-state index contributed by atoms with van der Waals surface area (Å²) >= 11 is 3.34. The third-order valence-corrected chi connectivity index (χ3v) is 2.91. The van der Waals surface area contributed by atoms with Gasteiger partial charge >= 0.3 is 0 Å². The summed E-state index contributed by atoms with van der Waals surface area (Å²) in [6.07, 6.45) is 0.847. The molecule has 0 aliphatic carbocycles. The Hall–Kier alpha value is -1.36. The molecule has 0 fully saturated rings. The zero-order valence-electron chi connectivity index (χ0n) is 9.63. The molecule has 1 aromatic rings. The molecule has 0 spiro atoms. The van der Waals surface area contributed by atoms with Gasteiger partial charge in [0.1, 0.15) is 0 Å². The van der Waals surface area contributed by atoms with Crippen molar-refractivity contribution in [2.75, 3.05) is 6.54 Å². The lowest BCUT2D eigenvalue weighted by atomic mass is 10.1. The average Bonchev–Trinajstić information content (AvgIpc) is 2.23. The van der Waals surface area contributed by atoms with Crippen molar-refractivity contribution in [2.45, 2.75) is 19.8 Å². The Labute approximate surface area is 109 Å². The van der Waals surface area contributed by atoms with Crippen LogP contribution in [0.1, 0.15) is 28.8 Å². The summed E-state index contributed by atoms with van der Waals surface area (Å²) in [5.41, 5.74) is 6.68. The van der Waals surface area contributed by atoms with Crippen LogP contribution in [0.4, 0.5) is 0 Å². The molecule has 17 heavy (non-hydrogen) atoms. The van der Waals surface area contributed by atoms with Crippen molar-refractivity contribution in [3.63, 3.8) is 0 Å². The van der Waals surface area contributed by atoms with E-state index >= 15 is 0 Å². The Balaban J connectivity index is 2.50. The Morgan fingerprint density at radius 1 is 1.41 bits per heavy atom. The minimum absolute atomic E-state index is 0.152. The second-order valence-electron chi connectivity index (χ2n) is 3.81. The number of nitrogens with two attached hydrogens (primary N) is 1. The van der Waals surface area contributed by atoms with Crippen LogP contribution in [0.5, 0.6) is 0 Å². The molecule has 5 heteroatoms. The first-order chi connectivity index (χ1) is 8.00. The maximum Gasteiger partial charge on any atom is 0.252 e. The van der Waals surface area contributed by atoms with Gasteiger partial charge in [0.15, 0.2) is 0 Å². The van der Waals surface area contributed by atoms with Crippen LogP contribution in [-0.2, 0) is 4.79 Å². The highest BCUT2D eigenvalue weighted by Crippen LogP contribution is 2.18. The van der Waals surface area contributed by atoms with Crippen molar-refractivity contribution in [2.24, 2.45) is 5.73 Å². The minimum Gasteiger partial charge on any atom is -0.370 e. The summed E-state index contributed by atoms with van der Waals surface area (Å²) in [5.74, 6) is -0.503. The zero-order chi connectivity index (χ0) is 12.8. The zero-order valence-corrected chi connectivity index (χ0v) is 11.2. The van der Waals surface area contributed by atoms with Crippen LogP contribution in [0, 0.1) is 6.92 Å². The first-order valence-electron chi connectivity index (χ1n) is 5.33. The van der Waals surface area contributed by atoms with Crippen LogP contribution in [0.2, 0.25) is 0 Å². The number of hydrogen-bond donors (Lipinski definition) is 2. The van der Waals surface area contributed by atoms with Crippen LogP contribution in [-0.4, -0.2) is 18.4 Å². The van der Waals surface area contributed by atoms with E-state index in [1.54, 1.807) is 6.07 Å². The molecule has 92 valence electrons. The minimum atomic E-state index is -0.351. The number of benzene rings is 1. The van der Waals surface area contributed by atoms with Gasteiger partial charge in [-0.15, -0.1) is 0 Å². The maximum atomic E-state index is 11.8. The highest BCUT2D eigenvalue weighted by molar-refractivity contribution is 9.10. The van der Waals surface area contributed by atoms with Crippen molar-refractivity contribution >= 4 is 27.7 Å². The van der Waals surface area contributed by atoms with Crippen LogP contribution < -0.4 is 11.1 Å². The third-order valence-electron chi connectivity index (χ3n) is 2.25. The summed E-state index contributed by atoms with van der Waals surface area (Å²) in [4.78, 5) is 22.3. The molecule has 3 N–H and O–H groups in total. The molecule has 0 bridgehead atoms. The molecule has 0 saturated carbocycles. The van der Waals surface area contributed by atoms with Crippen molar-refractivity contribution < 1.29 is 9.59 Å². The van der Waals surface area contributed by atoms with E-state index in [1.165, 1.54) is 0 Å². The fourth-order valence-electron chi connectivity index (χ4n) is 1.36. The van der Waals surface area contributed by atoms with E-state index in [0.29, 0.717) is 18.5 Å². The summed E-state index contributed by atoms with van der Waals surface area (Å²) in [7, 11) is 0. The van der Waals surface area contributed by atoms with Crippen LogP contribution in [0.15, 0.2) is 22.7 Å². The number of halogens is 1. The van der Waals surface area contributed by atoms with Crippen molar-refractivity contribution in [3.05, 3.63) is 33.8 Å². The average molecular weight is 299 g/mol. The first kappa shape index (κ1) is 13.7. The SMILES string of the molecule is Cc1ccc(C(=O)NCCCC(N)=O)c(Br)c1. The molecule has 0 unspecified atom stereocenters. The number of amides is 2. The van der Waals surface area contributed by atoms with E-state index in [4.69, 9.17) is 5.73 Å². The molecule has 1 aromatic carbocycles. The first-order valence-corrected chi connectivity index (χ1v) is 6.12. The van der Waals surface area contributed by atoms with E-state index < -0.39 is 0 Å². The van der Waals surface area contributed by atoms with Gasteiger partial charge in [-0.2, -0.15) is 0 Å². The van der Waals surface area contributed by atoms with Gasteiger partial charge in [-0.05, 0) is 47.0 Å². The van der Waals surface area contributed by atoms with Gasteiger partial charge in [0.25, 0.3) is 5.91 Å². The van der Waals surface area contributed by atoms with Crippen LogP contribution in [0.3, 0.4) is 0 Å². The van der Waals surface area contributed by atoms with Gasteiger partial charge in [0, 0.05) is 17.4 Å². The molecule has 4 nitrogen and oxygen atoms in total. The van der Waals surface area contributed by atoms with E-state index in [2.05, 4.69) is 21.2 Å². The molecule has 2 amide bonds. The predicted molar refractivity (Wildman–Crippen MR) is 69.6 cm³/mol. The van der Waals surface area contributed by atoms with Gasteiger partial charge in [-0.3, -0.25) is 9.59 Å². The van der Waals surface area contributed by atoms with Gasteiger partial charge in [0.2, 0.25) is 5.91 Å². The second-order valence-corrected chi connectivity index (χ2v) is 4.66. The fraction of sp³-hybridized carbons (Fsp3) is 0.333. The monoisotopic (exact) mass is 298 g/mol. The molecule has 0 saturated heterocycles. The predicted octanol–water partition coefficient (Wildman–Crippen LogP) is 1.75. The molecular weight excluding hydrogens is 284 g/mol. The quantitative estimate of drug-likeness (QED) is 0.813. The van der Waals surface area contributed by atoms with Crippen LogP contribution >= 0.6 is 15.9 Å². The summed E-state index contributed by atoms with van der Waals surface area (Å²) in [6, 6.07) is 5.53. The molecule has 1 rings (SSSR count). The van der Waals surface area contributed by atoms with Crippen molar-refractivity contribution in [1.29, 1.82) is 0 Å². The molecule has 0 aliphatic rings. The van der Waals surface area contributed by atoms with Crippen molar-refractivity contribution in [3.8, 4) is 0 Å². The standard InChI is InChI=1S/C12H15BrN2O2/c1-8-4-5-9(10(13)7-8)12(17)15-6-2-3-11(14)16/h4-5,7H,2-3,6H2,1H3,(H2,14,16)(H,15,17). The molecule has 0 aliphatic heterocycles. The number of nitrogens with one attached hydrogen (secondary N) is 1. The summed E-state index contributed by atoms with van der Waals surface area (Å²) in [5, 5.41) is 2.74. The number of aryl methyl sites for hydroxylation is 1. The molecule has 0 radical (unpaired) electrons. The number of hydrogen-bond acceptors (Lipinski definition) is 2. The van der Waals surface area contributed by atoms with Gasteiger partial charge in [0.05, 0.1) is 5.56 Å². The lowest BCUT2D eigenvalue weighted by Crippen LogP contribution is -2.25. The van der Waals surface area contributed by atoms with Crippen LogP contribution in [0.25, 0.3) is 0 Å². The normalized spacial score (nSPS) is 10.0. The lowest BCUT2D eigenvalue weighted by molar-refractivity contribution is -0.118. The largest absolute Gasteiger partial charge is 0.370 e. The molecule has 0 aromatic heterocycles. The highest BCUT2D eigenvalue weighted by atomic mass is 79.9.